The van der Waals surface area contributed by atoms with Crippen molar-refractivity contribution in [3.05, 3.63) is 140 Å². The summed E-state index contributed by atoms with van der Waals surface area (Å²) >= 11 is 0. The molecule has 0 aromatic heterocycles. The van der Waals surface area contributed by atoms with E-state index in [1.165, 1.54) is 0 Å². The summed E-state index contributed by atoms with van der Waals surface area (Å²) in [5.41, 5.74) is 6.47. The molecule has 0 unspecified atom stereocenters. The summed E-state index contributed by atoms with van der Waals surface area (Å²) < 4.78 is 18.5. The third kappa shape index (κ3) is 6.48. The molecule has 0 N–H and O–H groups in total. The lowest BCUT2D eigenvalue weighted by molar-refractivity contribution is 0.0859. The molecule has 5 rings (SSSR count). The van der Waals surface area contributed by atoms with Crippen molar-refractivity contribution in [2.45, 2.75) is 20.8 Å². The lowest BCUT2D eigenvalue weighted by atomic mass is 10.1. The quantitative estimate of drug-likeness (QED) is 0.131. The molecule has 0 atom stereocenters. The smallest absolute Gasteiger partial charge is 0.370 e. The Morgan fingerprint density at radius 1 is 0.381 bits per heavy atom. The first-order valence-corrected chi connectivity index (χ1v) is 16.3. The van der Waals surface area contributed by atoms with Crippen LogP contribution in [0, 0.1) is 0 Å². The average Bonchev–Trinajstić information content (AvgIpc) is 3.04. The molecule has 5 nitrogen and oxygen atoms in total. The maximum Gasteiger partial charge on any atom is 0.537 e. The second kappa shape index (κ2) is 14.1. The van der Waals surface area contributed by atoms with Crippen molar-refractivity contribution < 1.29 is 13.3 Å². The maximum absolute atomic E-state index is 6.15. The molecule has 0 heterocycles. The molecule has 0 aliphatic rings. The number of hydrogen-bond donors (Lipinski definition) is 0. The summed E-state index contributed by atoms with van der Waals surface area (Å²) in [4.78, 5) is 4.53. The summed E-state index contributed by atoms with van der Waals surface area (Å²) in [6.45, 7) is 7.52. The van der Waals surface area contributed by atoms with Crippen LogP contribution in [0.3, 0.4) is 0 Å². The van der Waals surface area contributed by atoms with Gasteiger partial charge in [-0.1, -0.05) is 66.7 Å². The van der Waals surface area contributed by atoms with Crippen LogP contribution >= 0.6 is 0 Å². The van der Waals surface area contributed by atoms with Crippen LogP contribution in [0.2, 0.25) is 0 Å². The zero-order valence-electron chi connectivity index (χ0n) is 24.5. The Labute approximate surface area is 250 Å². The van der Waals surface area contributed by atoms with E-state index in [0.29, 0.717) is 19.8 Å². The molecule has 42 heavy (non-hydrogen) atoms. The Kier molecular flexibility index (Phi) is 9.85. The highest BCUT2D eigenvalue weighted by molar-refractivity contribution is 6.75. The van der Waals surface area contributed by atoms with Crippen molar-refractivity contribution in [2.75, 3.05) is 29.6 Å². The fraction of sp³-hybridized carbons (Fsp3) is 0.167. The molecule has 0 fully saturated rings. The Hall–Kier alpha value is -4.20. The van der Waals surface area contributed by atoms with Gasteiger partial charge in [-0.25, -0.2) is 0 Å². The van der Waals surface area contributed by atoms with Crippen molar-refractivity contribution in [1.29, 1.82) is 0 Å². The highest BCUT2D eigenvalue weighted by Gasteiger charge is 2.43. The minimum Gasteiger partial charge on any atom is -0.370 e. The van der Waals surface area contributed by atoms with Crippen LogP contribution in [0.5, 0.6) is 0 Å². The Morgan fingerprint density at radius 3 is 0.929 bits per heavy atom. The van der Waals surface area contributed by atoms with Gasteiger partial charge in [-0.05, 0) is 93.6 Å². The molecule has 214 valence electrons. The molecule has 0 aliphatic heterocycles. The average molecular weight is 575 g/mol. The van der Waals surface area contributed by atoms with Gasteiger partial charge in [0.1, 0.15) is 0 Å². The zero-order chi connectivity index (χ0) is 29.2. The van der Waals surface area contributed by atoms with E-state index in [0.717, 1.165) is 39.3 Å². The first kappa shape index (κ1) is 29.3. The normalized spacial score (nSPS) is 11.3. The monoisotopic (exact) mass is 574 g/mol. The first-order valence-electron chi connectivity index (χ1n) is 14.6. The van der Waals surface area contributed by atoms with E-state index >= 15 is 0 Å². The molecule has 0 aliphatic carbocycles. The van der Waals surface area contributed by atoms with E-state index in [1.54, 1.807) is 0 Å². The summed E-state index contributed by atoms with van der Waals surface area (Å²) in [5.74, 6) is 0. The van der Waals surface area contributed by atoms with E-state index in [4.69, 9.17) is 13.3 Å². The molecule has 0 radical (unpaired) electrons. The van der Waals surface area contributed by atoms with E-state index in [1.807, 2.05) is 39.0 Å². The second-order valence-electron chi connectivity index (χ2n) is 9.60. The van der Waals surface area contributed by atoms with Gasteiger partial charge in [0.25, 0.3) is 0 Å². The van der Waals surface area contributed by atoms with Gasteiger partial charge in [-0.3, -0.25) is 0 Å². The number of hydrogen-bond acceptors (Lipinski definition) is 5. The Balaban J connectivity index is 1.53. The van der Waals surface area contributed by atoms with Gasteiger partial charge in [0.15, 0.2) is 0 Å². The van der Waals surface area contributed by atoms with Crippen LogP contribution < -0.4 is 15.0 Å². The van der Waals surface area contributed by atoms with Crippen LogP contribution in [0.15, 0.2) is 140 Å². The summed E-state index contributed by atoms with van der Waals surface area (Å²) in [6, 6.07) is 48.4. The highest BCUT2D eigenvalue weighted by Crippen LogP contribution is 2.38. The Morgan fingerprint density at radius 2 is 0.643 bits per heavy atom. The molecule has 5 aromatic rings. The third-order valence-corrected chi connectivity index (χ3v) is 9.94. The van der Waals surface area contributed by atoms with E-state index in [9.17, 15) is 0 Å². The molecular formula is C36H38N2O3Si. The summed E-state index contributed by atoms with van der Waals surface area (Å²) in [5, 5.41) is 0.960. The van der Waals surface area contributed by atoms with Crippen molar-refractivity contribution >= 4 is 48.1 Å². The van der Waals surface area contributed by atoms with E-state index in [-0.39, 0.29) is 0 Å². The lowest BCUT2D eigenvalue weighted by Crippen LogP contribution is -2.56. The van der Waals surface area contributed by atoms with Crippen molar-refractivity contribution in [3.63, 3.8) is 0 Å². The molecule has 0 saturated heterocycles. The van der Waals surface area contributed by atoms with Crippen molar-refractivity contribution in [2.24, 2.45) is 0 Å². The van der Waals surface area contributed by atoms with Gasteiger partial charge in [0.2, 0.25) is 0 Å². The summed E-state index contributed by atoms with van der Waals surface area (Å²) in [6.07, 6.45) is 0. The number of rotatable bonds is 13. The number of para-hydroxylation sites is 3. The van der Waals surface area contributed by atoms with Crippen LogP contribution in [-0.2, 0) is 13.3 Å². The largest absolute Gasteiger partial charge is 0.537 e. The number of anilines is 6. The fourth-order valence-corrected chi connectivity index (χ4v) is 7.60. The second-order valence-corrected chi connectivity index (χ2v) is 12.2. The van der Waals surface area contributed by atoms with Crippen molar-refractivity contribution in [3.8, 4) is 0 Å². The van der Waals surface area contributed by atoms with E-state index < -0.39 is 8.80 Å². The van der Waals surface area contributed by atoms with Crippen LogP contribution in [0.4, 0.5) is 34.1 Å². The zero-order valence-corrected chi connectivity index (χ0v) is 25.5. The molecular weight excluding hydrogens is 536 g/mol. The van der Waals surface area contributed by atoms with Crippen molar-refractivity contribution in [1.82, 2.24) is 0 Å². The predicted molar refractivity (Wildman–Crippen MR) is 176 cm³/mol. The SMILES string of the molecule is CCO[Si](OCC)(OCC)c1ccc(N(c2ccccc2)c2ccc(N(c3ccccc3)c3ccccc3)cc2)cc1. The van der Waals surface area contributed by atoms with Gasteiger partial charge in [0, 0.05) is 59.1 Å². The maximum atomic E-state index is 6.15. The van der Waals surface area contributed by atoms with Gasteiger partial charge in [0.05, 0.1) is 0 Å². The van der Waals surface area contributed by atoms with Crippen LogP contribution in [0.1, 0.15) is 20.8 Å². The van der Waals surface area contributed by atoms with E-state index in [2.05, 4.69) is 131 Å². The molecule has 6 heteroatoms. The van der Waals surface area contributed by atoms with Crippen LogP contribution in [0.25, 0.3) is 0 Å². The van der Waals surface area contributed by atoms with Crippen LogP contribution in [-0.4, -0.2) is 28.6 Å². The third-order valence-electron chi connectivity index (χ3n) is 6.89. The molecule has 5 aromatic carbocycles. The molecule has 0 bridgehead atoms. The number of benzene rings is 5. The standard InChI is InChI=1S/C36H38N2O3Si/c1-4-39-42(40-5-2,41-6-3)36-28-26-35(27-29-36)38(32-20-14-9-15-21-32)34-24-22-33(23-25-34)37(30-16-10-7-11-17-30)31-18-12-8-13-19-31/h7-29H,4-6H2,1-3H3. The molecule has 0 amide bonds. The van der Waals surface area contributed by atoms with Gasteiger partial charge in [-0.15, -0.1) is 0 Å². The van der Waals surface area contributed by atoms with Gasteiger partial charge in [-0.2, -0.15) is 0 Å². The minimum atomic E-state index is -3.00. The molecule has 0 saturated carbocycles. The van der Waals surface area contributed by atoms with Gasteiger partial charge < -0.3 is 23.1 Å². The highest BCUT2D eigenvalue weighted by atomic mass is 28.4. The van der Waals surface area contributed by atoms with Gasteiger partial charge >= 0.3 is 8.80 Å². The lowest BCUT2D eigenvalue weighted by Gasteiger charge is -2.30. The Bertz CT molecular complexity index is 1440. The summed E-state index contributed by atoms with van der Waals surface area (Å²) in [7, 11) is -3.00. The fourth-order valence-electron chi connectivity index (χ4n) is 5.14. The minimum absolute atomic E-state index is 0.527. The molecule has 0 spiro atoms. The predicted octanol–water partition coefficient (Wildman–Crippen LogP) is 8.88. The first-order chi connectivity index (χ1) is 20.7. The topological polar surface area (TPSA) is 34.2 Å². The number of nitrogens with zero attached hydrogens (tertiary/aromatic N) is 2.